The van der Waals surface area contributed by atoms with Crippen LogP contribution < -0.4 is 16.4 Å². The van der Waals surface area contributed by atoms with E-state index >= 15 is 52.7 Å². The fraction of sp³-hybridized carbons (Fsp3) is 0. The molecule has 0 heterocycles. The molecule has 378 valence electrons. The zero-order valence-corrected chi connectivity index (χ0v) is 40.2. The lowest BCUT2D eigenvalue weighted by Gasteiger charge is -2.22. The van der Waals surface area contributed by atoms with Gasteiger partial charge in [-0.2, -0.15) is 0 Å². The number of benzene rings is 12. The van der Waals surface area contributed by atoms with Crippen LogP contribution in [-0.4, -0.2) is 6.71 Å². The monoisotopic (exact) mass is 1060 g/mol. The Bertz CT molecular complexity index is 4120. The molecule has 0 aromatic heterocycles. The first-order chi connectivity index (χ1) is 38.2. The Balaban J connectivity index is 1.09. The van der Waals surface area contributed by atoms with E-state index in [4.69, 9.17) is 0 Å². The molecule has 0 bridgehead atoms. The van der Waals surface area contributed by atoms with Crippen molar-refractivity contribution in [2.24, 2.45) is 0 Å². The lowest BCUT2D eigenvalue weighted by molar-refractivity contribution is 0.453. The topological polar surface area (TPSA) is 0 Å². The molecule has 0 saturated carbocycles. The molecule has 0 aliphatic rings. The van der Waals surface area contributed by atoms with E-state index in [0.717, 1.165) is 0 Å². The fourth-order valence-electron chi connectivity index (χ4n) is 10.3. The number of halogens is 12. The summed E-state index contributed by atoms with van der Waals surface area (Å²) in [5.74, 6) is -16.7. The van der Waals surface area contributed by atoms with E-state index in [2.05, 4.69) is 35.5 Å². The van der Waals surface area contributed by atoms with Crippen molar-refractivity contribution >= 4 is 87.7 Å². The molecule has 0 amide bonds. The van der Waals surface area contributed by atoms with Crippen molar-refractivity contribution < 1.29 is 52.7 Å². The highest BCUT2D eigenvalue weighted by Gasteiger charge is 2.45. The number of fused-ring (bicyclic) bond motifs is 6. The summed E-state index contributed by atoms with van der Waals surface area (Å²) in [6.07, 6.45) is 0. The van der Waals surface area contributed by atoms with Crippen LogP contribution in [0.4, 0.5) is 52.7 Å². The smallest absolute Gasteiger partial charge is 0.204 e. The summed E-state index contributed by atoms with van der Waals surface area (Å²) in [5.41, 5.74) is -11.6. The maximum Gasteiger partial charge on any atom is 0.265 e. The van der Waals surface area contributed by atoms with Crippen LogP contribution >= 0.6 is 0 Å². The number of hydrogen-bond acceptors (Lipinski definition) is 0. The Labute approximate surface area is 441 Å². The summed E-state index contributed by atoms with van der Waals surface area (Å²) < 4.78 is 202. The van der Waals surface area contributed by atoms with E-state index < -0.39 is 110 Å². The van der Waals surface area contributed by atoms with E-state index in [-0.39, 0.29) is 16.7 Å². The van der Waals surface area contributed by atoms with Gasteiger partial charge in [0.25, 0.3) is 6.71 Å². The standard InChI is InChI=1S/C66H27BF12/c68-55-49(28-25-46-40-19-7-1-13-34(40)31-35-14-2-8-20-41(35)46)56(69)62(75)52(61(55)74)67(53-63(76)57(70)50(58(71)64(53)77)29-26-47-42-21-9-3-15-36(42)32-37-16-4-10-22-43(37)47)54-65(78)59(72)51(60(73)66(54)79)30-27-48-44-23-11-5-17-38(44)33-39-18-6-12-24-45(39)48/h1-24,31-33H. The van der Waals surface area contributed by atoms with E-state index in [1.807, 2.05) is 0 Å². The van der Waals surface area contributed by atoms with Crippen molar-refractivity contribution in [3.05, 3.63) is 267 Å². The Morgan fingerprint density at radius 2 is 0.367 bits per heavy atom. The van der Waals surface area contributed by atoms with Crippen molar-refractivity contribution in [2.75, 3.05) is 0 Å². The van der Waals surface area contributed by atoms with Gasteiger partial charge < -0.3 is 0 Å². The van der Waals surface area contributed by atoms with Crippen LogP contribution in [0.5, 0.6) is 0 Å². The summed E-state index contributed by atoms with van der Waals surface area (Å²) in [5, 5.41) is 6.26. The molecule has 0 saturated heterocycles. The van der Waals surface area contributed by atoms with Crippen LogP contribution in [0.15, 0.2) is 164 Å². The Hall–Kier alpha value is -9.90. The molecule has 13 heteroatoms. The highest BCUT2D eigenvalue weighted by atomic mass is 19.2. The molecule has 0 aliphatic carbocycles. The van der Waals surface area contributed by atoms with Gasteiger partial charge >= 0.3 is 0 Å². The van der Waals surface area contributed by atoms with Gasteiger partial charge in [-0.25, -0.2) is 52.7 Å². The van der Waals surface area contributed by atoms with Gasteiger partial charge in [0.15, 0.2) is 69.8 Å². The predicted molar refractivity (Wildman–Crippen MR) is 286 cm³/mol. The molecule has 0 aliphatic heterocycles. The highest BCUT2D eigenvalue weighted by Crippen LogP contribution is 2.33. The van der Waals surface area contributed by atoms with E-state index in [1.165, 1.54) is 0 Å². The number of hydrogen-bond donors (Lipinski definition) is 0. The third kappa shape index (κ3) is 8.15. The first-order valence-electron chi connectivity index (χ1n) is 24.1. The first-order valence-corrected chi connectivity index (χ1v) is 24.1. The predicted octanol–water partition coefficient (Wildman–Crippen LogP) is 15.0. The molecule has 0 spiro atoms. The minimum atomic E-state index is -3.78. The van der Waals surface area contributed by atoms with Crippen LogP contribution in [0.2, 0.25) is 0 Å². The highest BCUT2D eigenvalue weighted by molar-refractivity contribution is 6.95. The minimum absolute atomic E-state index is 0.133. The Morgan fingerprint density at radius 1 is 0.203 bits per heavy atom. The summed E-state index contributed by atoms with van der Waals surface area (Å²) in [6, 6.07) is 45.2. The molecule has 12 aromatic rings. The van der Waals surface area contributed by atoms with Gasteiger partial charge in [-0.1, -0.05) is 181 Å². The van der Waals surface area contributed by atoms with Crippen molar-refractivity contribution in [2.45, 2.75) is 0 Å². The normalized spacial score (nSPS) is 11.2. The van der Waals surface area contributed by atoms with Crippen molar-refractivity contribution in [3.63, 3.8) is 0 Å². The SMILES string of the molecule is Fc1c(F)c(B(c2c(F)c(F)c(C#Cc3c4ccccc4cc4ccccc34)c(F)c2F)c2c(F)c(F)c(C#Cc3c4ccccc4cc4ccccc34)c(F)c2F)c(F)c(F)c1C#Cc1c2ccccc2cc2ccccc12. The first kappa shape index (κ1) is 50.0. The lowest BCUT2D eigenvalue weighted by Crippen LogP contribution is -2.60. The molecule has 0 atom stereocenters. The minimum Gasteiger partial charge on any atom is -0.204 e. The third-order valence-electron chi connectivity index (χ3n) is 14.0. The largest absolute Gasteiger partial charge is 0.265 e. The molecule has 79 heavy (non-hydrogen) atoms. The van der Waals surface area contributed by atoms with Crippen molar-refractivity contribution in [3.8, 4) is 35.5 Å². The molecule has 0 fully saturated rings. The Morgan fingerprint density at radius 3 is 0.557 bits per heavy atom. The molecular weight excluding hydrogens is 1030 g/mol. The van der Waals surface area contributed by atoms with Crippen molar-refractivity contribution in [1.82, 2.24) is 0 Å². The van der Waals surface area contributed by atoms with E-state index in [9.17, 15) is 0 Å². The second kappa shape index (κ2) is 19.6. The van der Waals surface area contributed by atoms with Crippen molar-refractivity contribution in [1.29, 1.82) is 0 Å². The van der Waals surface area contributed by atoms with Gasteiger partial charge in [-0.15, -0.1) is 0 Å². The van der Waals surface area contributed by atoms with E-state index in [1.54, 1.807) is 164 Å². The average molecular weight is 1060 g/mol. The number of rotatable bonds is 3. The fourth-order valence-corrected chi connectivity index (χ4v) is 10.3. The summed E-state index contributed by atoms with van der Waals surface area (Å²) in [6.45, 7) is -3.78. The average Bonchev–Trinajstić information content (AvgIpc) is 3.56. The zero-order chi connectivity index (χ0) is 55.0. The summed E-state index contributed by atoms with van der Waals surface area (Å²) >= 11 is 0. The van der Waals surface area contributed by atoms with Gasteiger partial charge in [-0.3, -0.25) is 0 Å². The summed E-state index contributed by atoms with van der Waals surface area (Å²) in [4.78, 5) is 0. The van der Waals surface area contributed by atoms with Gasteiger partial charge in [0.05, 0.1) is 0 Å². The van der Waals surface area contributed by atoms with Gasteiger partial charge in [0.2, 0.25) is 0 Å². The quantitative estimate of drug-likeness (QED) is 0.0544. The van der Waals surface area contributed by atoms with Crippen LogP contribution in [0, 0.1) is 105 Å². The Kier molecular flexibility index (Phi) is 12.4. The molecule has 0 N–H and O–H groups in total. The second-order valence-corrected chi connectivity index (χ2v) is 18.4. The third-order valence-corrected chi connectivity index (χ3v) is 14.0. The van der Waals surface area contributed by atoms with Crippen LogP contribution in [0.25, 0.3) is 64.6 Å². The van der Waals surface area contributed by atoms with Crippen LogP contribution in [0.1, 0.15) is 33.4 Å². The second-order valence-electron chi connectivity index (χ2n) is 18.4. The van der Waals surface area contributed by atoms with Gasteiger partial charge in [0.1, 0.15) is 16.7 Å². The maximum absolute atomic E-state index is 17.0. The van der Waals surface area contributed by atoms with Gasteiger partial charge in [0, 0.05) is 33.1 Å². The maximum atomic E-state index is 17.0. The lowest BCUT2D eigenvalue weighted by atomic mass is 9.35. The van der Waals surface area contributed by atoms with Crippen LogP contribution in [0.3, 0.4) is 0 Å². The molecular formula is C66H27BF12. The summed E-state index contributed by atoms with van der Waals surface area (Å²) in [7, 11) is 0. The van der Waals surface area contributed by atoms with Crippen LogP contribution in [-0.2, 0) is 0 Å². The molecule has 0 nitrogen and oxygen atoms in total. The molecule has 0 radical (unpaired) electrons. The molecule has 12 rings (SSSR count). The zero-order valence-electron chi connectivity index (χ0n) is 40.2. The molecule has 12 aromatic carbocycles. The van der Waals surface area contributed by atoms with Gasteiger partial charge in [-0.05, 0) is 82.8 Å². The molecule has 0 unspecified atom stereocenters. The van der Waals surface area contributed by atoms with E-state index in [0.29, 0.717) is 64.6 Å².